The molecule has 0 radical (unpaired) electrons. The number of aromatic nitrogens is 1. The fraction of sp³-hybridized carbons (Fsp3) is 0.167. The van der Waals surface area contributed by atoms with Crippen molar-refractivity contribution >= 4 is 13.3 Å². The first-order valence-electron chi connectivity index (χ1n) is 2.97. The predicted octanol–water partition coefficient (Wildman–Crippen LogP) is -1.65. The van der Waals surface area contributed by atoms with Gasteiger partial charge >= 0.3 is 0 Å². The molecule has 0 bridgehead atoms. The second-order valence-electron chi connectivity index (χ2n) is 2.32. The molecular weight excluding hydrogens is 129 g/mol. The molecule has 0 amide bonds. The molecule has 1 rings (SSSR count). The van der Waals surface area contributed by atoms with E-state index >= 15 is 0 Å². The van der Waals surface area contributed by atoms with Gasteiger partial charge in [-0.15, -0.1) is 0 Å². The molecule has 1 N–H and O–H groups in total. The van der Waals surface area contributed by atoms with Gasteiger partial charge in [0, 0.05) is 13.2 Å². The van der Waals surface area contributed by atoms with E-state index in [1.54, 1.807) is 13.2 Å². The quantitative estimate of drug-likeness (QED) is 0.435. The third-order valence-corrected chi connectivity index (χ3v) is 1.30. The Morgan fingerprint density at radius 2 is 2.30 bits per heavy atom. The Kier molecular flexibility index (Phi) is 1.53. The summed E-state index contributed by atoms with van der Waals surface area (Å²) in [5.41, 5.74) is 0.519. The van der Waals surface area contributed by atoms with Crippen LogP contribution in [-0.2, 0) is 7.05 Å². The van der Waals surface area contributed by atoms with Gasteiger partial charge in [0.05, 0.1) is 0 Å². The number of pyridine rings is 1. The molecule has 0 aromatic carbocycles. The minimum absolute atomic E-state index is 0.192. The molecule has 0 aliphatic heterocycles. The van der Waals surface area contributed by atoms with Crippen molar-refractivity contribution in [2.24, 2.45) is 7.05 Å². The lowest BCUT2D eigenvalue weighted by molar-refractivity contribution is 0.462. The molecular formula is C6H8BNO2. The van der Waals surface area contributed by atoms with Crippen LogP contribution in [-0.4, -0.2) is 17.5 Å². The van der Waals surface area contributed by atoms with Crippen LogP contribution in [0.3, 0.4) is 0 Å². The summed E-state index contributed by atoms with van der Waals surface area (Å²) in [7, 11) is 3.42. The van der Waals surface area contributed by atoms with Crippen LogP contribution in [0.4, 0.5) is 0 Å². The maximum Gasteiger partial charge on any atom is 0.292 e. The van der Waals surface area contributed by atoms with Crippen molar-refractivity contribution in [1.29, 1.82) is 0 Å². The third-order valence-electron chi connectivity index (χ3n) is 1.30. The number of aryl methyl sites for hydroxylation is 1. The van der Waals surface area contributed by atoms with Crippen LogP contribution in [0.1, 0.15) is 0 Å². The fourth-order valence-corrected chi connectivity index (χ4v) is 0.859. The molecule has 0 saturated heterocycles. The maximum absolute atomic E-state index is 10.8. The largest absolute Gasteiger partial charge is 0.503 e. The van der Waals surface area contributed by atoms with Crippen LogP contribution in [0.15, 0.2) is 17.1 Å². The third kappa shape index (κ3) is 1.05. The summed E-state index contributed by atoms with van der Waals surface area (Å²) in [4.78, 5) is 10.8. The normalized spacial score (nSPS) is 9.70. The summed E-state index contributed by atoms with van der Waals surface area (Å²) in [6, 6.07) is 1.45. The molecule has 0 saturated carbocycles. The average Bonchev–Trinajstić information content (AvgIpc) is 1.82. The lowest BCUT2D eigenvalue weighted by Crippen LogP contribution is -2.21. The molecule has 10 heavy (non-hydrogen) atoms. The standard InChI is InChI=1S/C6H8BNO2/c1-8-3-4(7)2-5(9)6(8)10/h2-3,9H,7H2,1H3. The van der Waals surface area contributed by atoms with Crippen molar-refractivity contribution in [2.75, 3.05) is 0 Å². The lowest BCUT2D eigenvalue weighted by Gasteiger charge is -1.98. The summed E-state index contributed by atoms with van der Waals surface area (Å²) in [5, 5.41) is 8.95. The predicted molar refractivity (Wildman–Crippen MR) is 41.5 cm³/mol. The Morgan fingerprint density at radius 3 is 2.80 bits per heavy atom. The van der Waals surface area contributed by atoms with Crippen LogP contribution >= 0.6 is 0 Å². The number of rotatable bonds is 0. The number of nitrogens with zero attached hydrogens (tertiary/aromatic N) is 1. The SMILES string of the molecule is Bc1cc(O)c(=O)n(C)c1. The number of hydrogen-bond acceptors (Lipinski definition) is 2. The molecule has 1 aromatic heterocycles. The summed E-state index contributed by atoms with van der Waals surface area (Å²) in [6.07, 6.45) is 1.67. The van der Waals surface area contributed by atoms with Gasteiger partial charge in [0.15, 0.2) is 5.75 Å². The van der Waals surface area contributed by atoms with E-state index < -0.39 is 0 Å². The molecule has 0 unspecified atom stereocenters. The van der Waals surface area contributed by atoms with E-state index in [4.69, 9.17) is 5.11 Å². The highest BCUT2D eigenvalue weighted by Gasteiger charge is 1.97. The molecule has 1 heterocycles. The fourth-order valence-electron chi connectivity index (χ4n) is 0.859. The first-order valence-corrected chi connectivity index (χ1v) is 2.97. The second-order valence-corrected chi connectivity index (χ2v) is 2.32. The van der Waals surface area contributed by atoms with Crippen molar-refractivity contribution in [3.05, 3.63) is 22.6 Å². The molecule has 0 atom stereocenters. The molecule has 3 nitrogen and oxygen atoms in total. The van der Waals surface area contributed by atoms with Crippen molar-refractivity contribution in [2.45, 2.75) is 0 Å². The van der Waals surface area contributed by atoms with Crippen LogP contribution < -0.4 is 11.0 Å². The number of aromatic hydroxyl groups is 1. The summed E-state index contributed by atoms with van der Waals surface area (Å²) >= 11 is 0. The van der Waals surface area contributed by atoms with Crippen LogP contribution in [0.5, 0.6) is 5.75 Å². The molecule has 0 aliphatic rings. The van der Waals surface area contributed by atoms with Crippen LogP contribution in [0.2, 0.25) is 0 Å². The van der Waals surface area contributed by atoms with Crippen molar-refractivity contribution < 1.29 is 5.11 Å². The summed E-state index contributed by atoms with van der Waals surface area (Å²) < 4.78 is 1.35. The van der Waals surface area contributed by atoms with E-state index in [1.807, 2.05) is 7.85 Å². The summed E-state index contributed by atoms with van der Waals surface area (Å²) in [6.45, 7) is 0. The monoisotopic (exact) mass is 137 g/mol. The van der Waals surface area contributed by atoms with E-state index in [-0.39, 0.29) is 11.3 Å². The van der Waals surface area contributed by atoms with E-state index in [9.17, 15) is 4.79 Å². The Hall–Kier alpha value is -1.19. The van der Waals surface area contributed by atoms with Crippen molar-refractivity contribution in [1.82, 2.24) is 4.57 Å². The van der Waals surface area contributed by atoms with Gasteiger partial charge < -0.3 is 9.67 Å². The highest BCUT2D eigenvalue weighted by molar-refractivity contribution is 6.32. The average molecular weight is 137 g/mol. The maximum atomic E-state index is 10.8. The van der Waals surface area contributed by atoms with Gasteiger partial charge in [-0.3, -0.25) is 4.79 Å². The zero-order chi connectivity index (χ0) is 7.72. The van der Waals surface area contributed by atoms with Crippen molar-refractivity contribution in [3.8, 4) is 5.75 Å². The van der Waals surface area contributed by atoms with Gasteiger partial charge in [0.2, 0.25) is 0 Å². The van der Waals surface area contributed by atoms with E-state index in [1.165, 1.54) is 10.6 Å². The summed E-state index contributed by atoms with van der Waals surface area (Å²) in [5.74, 6) is -0.192. The Labute approximate surface area is 59.3 Å². The van der Waals surface area contributed by atoms with E-state index in [0.29, 0.717) is 0 Å². The minimum Gasteiger partial charge on any atom is -0.503 e. The zero-order valence-corrected chi connectivity index (χ0v) is 5.96. The second kappa shape index (κ2) is 2.21. The van der Waals surface area contributed by atoms with E-state index in [0.717, 1.165) is 5.46 Å². The van der Waals surface area contributed by atoms with Gasteiger partial charge in [0.1, 0.15) is 7.85 Å². The highest BCUT2D eigenvalue weighted by atomic mass is 16.3. The molecule has 52 valence electrons. The first-order chi connectivity index (χ1) is 4.61. The van der Waals surface area contributed by atoms with Gasteiger partial charge in [0.25, 0.3) is 5.56 Å². The van der Waals surface area contributed by atoms with Gasteiger partial charge in [-0.05, 0) is 6.07 Å². The van der Waals surface area contributed by atoms with Gasteiger partial charge in [-0.1, -0.05) is 5.46 Å². The Morgan fingerprint density at radius 1 is 1.70 bits per heavy atom. The topological polar surface area (TPSA) is 42.2 Å². The first kappa shape index (κ1) is 6.93. The van der Waals surface area contributed by atoms with Crippen LogP contribution in [0.25, 0.3) is 0 Å². The smallest absolute Gasteiger partial charge is 0.292 e. The van der Waals surface area contributed by atoms with Crippen LogP contribution in [0, 0.1) is 0 Å². The zero-order valence-electron chi connectivity index (χ0n) is 5.96. The molecule has 0 fully saturated rings. The Balaban J connectivity index is 3.46. The number of hydrogen-bond donors (Lipinski definition) is 1. The van der Waals surface area contributed by atoms with Gasteiger partial charge in [-0.25, -0.2) is 0 Å². The van der Waals surface area contributed by atoms with E-state index in [2.05, 4.69) is 0 Å². The van der Waals surface area contributed by atoms with Crippen molar-refractivity contribution in [3.63, 3.8) is 0 Å². The lowest BCUT2D eigenvalue weighted by atomic mass is 9.99. The highest BCUT2D eigenvalue weighted by Crippen LogP contribution is 1.92. The molecule has 1 aromatic rings. The Bertz CT molecular complexity index is 279. The molecule has 0 spiro atoms. The minimum atomic E-state index is -0.356. The molecule has 4 heteroatoms. The van der Waals surface area contributed by atoms with Gasteiger partial charge in [-0.2, -0.15) is 0 Å². The molecule has 0 aliphatic carbocycles.